The van der Waals surface area contributed by atoms with Crippen LogP contribution < -0.4 is 5.73 Å². The van der Waals surface area contributed by atoms with Gasteiger partial charge in [0.2, 0.25) is 0 Å². The van der Waals surface area contributed by atoms with Crippen molar-refractivity contribution in [1.82, 2.24) is 0 Å². The monoisotopic (exact) mass is 281 g/mol. The third kappa shape index (κ3) is 5.82. The molecule has 2 nitrogen and oxygen atoms in total. The Hall–Kier alpha value is -2.09. The fourth-order valence-electron chi connectivity index (χ4n) is 2.39. The highest BCUT2D eigenvalue weighted by molar-refractivity contribution is 5.78. The predicted molar refractivity (Wildman–Crippen MR) is 88.2 cm³/mol. The first-order valence-corrected chi connectivity index (χ1v) is 7.64. The first-order valence-electron chi connectivity index (χ1n) is 7.64. The van der Waals surface area contributed by atoms with Crippen molar-refractivity contribution in [3.05, 3.63) is 65.7 Å². The number of aryl methyl sites for hydroxylation is 2. The van der Waals surface area contributed by atoms with Gasteiger partial charge in [0.05, 0.1) is 0 Å². The lowest BCUT2D eigenvalue weighted by atomic mass is 10.0. The minimum absolute atomic E-state index is 0.361. The SMILES string of the molecule is Nc1ccc(CCC(=O)CCCCc2ccccc2)cc1. The number of Topliss-reactive ketones (excluding diaryl/α,β-unsaturated/α-hetero) is 1. The normalized spacial score (nSPS) is 10.5. The topological polar surface area (TPSA) is 43.1 Å². The summed E-state index contributed by atoms with van der Waals surface area (Å²) < 4.78 is 0. The molecule has 0 saturated heterocycles. The molecule has 2 heteroatoms. The fourth-order valence-corrected chi connectivity index (χ4v) is 2.39. The Labute approximate surface area is 127 Å². The van der Waals surface area contributed by atoms with Crippen molar-refractivity contribution in [3.63, 3.8) is 0 Å². The van der Waals surface area contributed by atoms with Gasteiger partial charge >= 0.3 is 0 Å². The number of unbranched alkanes of at least 4 members (excludes halogenated alkanes) is 1. The van der Waals surface area contributed by atoms with Crippen molar-refractivity contribution < 1.29 is 4.79 Å². The number of nitrogen functional groups attached to an aromatic ring is 1. The van der Waals surface area contributed by atoms with Gasteiger partial charge in [-0.2, -0.15) is 0 Å². The van der Waals surface area contributed by atoms with Crippen LogP contribution in [0.5, 0.6) is 0 Å². The number of carbonyl (C=O) groups excluding carboxylic acids is 1. The molecule has 0 bridgehead atoms. The summed E-state index contributed by atoms with van der Waals surface area (Å²) in [6.07, 6.45) is 5.27. The van der Waals surface area contributed by atoms with Gasteiger partial charge < -0.3 is 5.73 Å². The molecule has 2 aromatic rings. The van der Waals surface area contributed by atoms with Gasteiger partial charge in [0.15, 0.2) is 0 Å². The van der Waals surface area contributed by atoms with Crippen molar-refractivity contribution in [2.75, 3.05) is 5.73 Å². The zero-order valence-electron chi connectivity index (χ0n) is 12.4. The number of anilines is 1. The summed E-state index contributed by atoms with van der Waals surface area (Å²) in [6.45, 7) is 0. The second-order valence-corrected chi connectivity index (χ2v) is 5.47. The van der Waals surface area contributed by atoms with E-state index in [1.165, 1.54) is 11.1 Å². The van der Waals surface area contributed by atoms with E-state index in [0.29, 0.717) is 18.6 Å². The van der Waals surface area contributed by atoms with Crippen LogP contribution in [0.2, 0.25) is 0 Å². The minimum atomic E-state index is 0.361. The molecule has 0 radical (unpaired) electrons. The molecule has 110 valence electrons. The average molecular weight is 281 g/mol. The molecule has 0 unspecified atom stereocenters. The zero-order chi connectivity index (χ0) is 14.9. The van der Waals surface area contributed by atoms with E-state index in [2.05, 4.69) is 24.3 Å². The lowest BCUT2D eigenvalue weighted by molar-refractivity contribution is -0.119. The van der Waals surface area contributed by atoms with E-state index >= 15 is 0 Å². The number of nitrogens with two attached hydrogens (primary N) is 1. The van der Waals surface area contributed by atoms with E-state index in [1.807, 2.05) is 30.3 Å². The largest absolute Gasteiger partial charge is 0.399 e. The van der Waals surface area contributed by atoms with Crippen molar-refractivity contribution >= 4 is 11.5 Å². The summed E-state index contributed by atoms with van der Waals surface area (Å²) in [5.41, 5.74) is 8.95. The van der Waals surface area contributed by atoms with Crippen LogP contribution in [0.15, 0.2) is 54.6 Å². The third-order valence-corrected chi connectivity index (χ3v) is 3.69. The fraction of sp³-hybridized carbons (Fsp3) is 0.316. The standard InChI is InChI=1S/C19H23NO/c20-18-13-10-17(11-14-18)12-15-19(21)9-5-4-8-16-6-2-1-3-7-16/h1-3,6-7,10-11,13-14H,4-5,8-9,12,15,20H2. The second-order valence-electron chi connectivity index (χ2n) is 5.47. The zero-order valence-corrected chi connectivity index (χ0v) is 12.4. The van der Waals surface area contributed by atoms with E-state index in [-0.39, 0.29) is 0 Å². The van der Waals surface area contributed by atoms with Crippen molar-refractivity contribution in [1.29, 1.82) is 0 Å². The van der Waals surface area contributed by atoms with Gasteiger partial charge in [0, 0.05) is 18.5 Å². The van der Waals surface area contributed by atoms with Crippen molar-refractivity contribution in [3.8, 4) is 0 Å². The highest BCUT2D eigenvalue weighted by Gasteiger charge is 2.03. The molecule has 0 spiro atoms. The van der Waals surface area contributed by atoms with Crippen LogP contribution in [-0.2, 0) is 17.6 Å². The maximum absolute atomic E-state index is 11.9. The van der Waals surface area contributed by atoms with Gasteiger partial charge in [-0.3, -0.25) is 4.79 Å². The van der Waals surface area contributed by atoms with Gasteiger partial charge in [-0.05, 0) is 48.9 Å². The van der Waals surface area contributed by atoms with E-state index in [9.17, 15) is 4.79 Å². The molecule has 0 amide bonds. The molecule has 0 atom stereocenters. The van der Waals surface area contributed by atoms with Crippen LogP contribution in [-0.4, -0.2) is 5.78 Å². The summed E-state index contributed by atoms with van der Waals surface area (Å²) in [5.74, 6) is 0.361. The molecular formula is C19H23NO. The van der Waals surface area contributed by atoms with Crippen LogP contribution in [0.4, 0.5) is 5.69 Å². The molecule has 0 aliphatic rings. The predicted octanol–water partition coefficient (Wildman–Crippen LogP) is 4.18. The highest BCUT2D eigenvalue weighted by atomic mass is 16.1. The molecule has 2 aromatic carbocycles. The summed E-state index contributed by atoms with van der Waals surface area (Å²) in [6, 6.07) is 18.2. The number of carbonyl (C=O) groups is 1. The first-order chi connectivity index (χ1) is 10.2. The number of benzene rings is 2. The van der Waals surface area contributed by atoms with Gasteiger partial charge in [-0.15, -0.1) is 0 Å². The summed E-state index contributed by atoms with van der Waals surface area (Å²) in [5, 5.41) is 0. The maximum Gasteiger partial charge on any atom is 0.133 e. The van der Waals surface area contributed by atoms with Gasteiger partial charge in [0.25, 0.3) is 0 Å². The number of rotatable bonds is 8. The Morgan fingerprint density at radius 3 is 2.14 bits per heavy atom. The Morgan fingerprint density at radius 2 is 1.43 bits per heavy atom. The third-order valence-electron chi connectivity index (χ3n) is 3.69. The molecule has 2 rings (SSSR count). The quantitative estimate of drug-likeness (QED) is 0.582. The van der Waals surface area contributed by atoms with E-state index in [4.69, 9.17) is 5.73 Å². The van der Waals surface area contributed by atoms with Crippen LogP contribution >= 0.6 is 0 Å². The molecule has 0 fully saturated rings. The number of hydrogen-bond acceptors (Lipinski definition) is 2. The lowest BCUT2D eigenvalue weighted by Crippen LogP contribution is -2.00. The van der Waals surface area contributed by atoms with E-state index in [1.54, 1.807) is 0 Å². The Bertz CT molecular complexity index is 546. The average Bonchev–Trinajstić information content (AvgIpc) is 2.52. The molecule has 0 aromatic heterocycles. The molecule has 2 N–H and O–H groups in total. The maximum atomic E-state index is 11.9. The van der Waals surface area contributed by atoms with Gasteiger partial charge in [-0.25, -0.2) is 0 Å². The van der Waals surface area contributed by atoms with Crippen LogP contribution in [0.25, 0.3) is 0 Å². The molecule has 0 heterocycles. The van der Waals surface area contributed by atoms with Gasteiger partial charge in [0.1, 0.15) is 5.78 Å². The van der Waals surface area contributed by atoms with E-state index < -0.39 is 0 Å². The van der Waals surface area contributed by atoms with Crippen molar-refractivity contribution in [2.45, 2.75) is 38.5 Å². The highest BCUT2D eigenvalue weighted by Crippen LogP contribution is 2.11. The molecule has 0 aliphatic carbocycles. The smallest absolute Gasteiger partial charge is 0.133 e. The molecule has 0 aliphatic heterocycles. The second kappa shape index (κ2) is 8.25. The lowest BCUT2D eigenvalue weighted by Gasteiger charge is -2.03. The number of ketones is 1. The van der Waals surface area contributed by atoms with Crippen LogP contribution in [0.3, 0.4) is 0 Å². The summed E-state index contributed by atoms with van der Waals surface area (Å²) in [7, 11) is 0. The molecule has 21 heavy (non-hydrogen) atoms. The van der Waals surface area contributed by atoms with E-state index in [0.717, 1.165) is 31.4 Å². The summed E-state index contributed by atoms with van der Waals surface area (Å²) >= 11 is 0. The van der Waals surface area contributed by atoms with Gasteiger partial charge in [-0.1, -0.05) is 42.5 Å². The van der Waals surface area contributed by atoms with Crippen LogP contribution in [0.1, 0.15) is 36.8 Å². The minimum Gasteiger partial charge on any atom is -0.399 e. The summed E-state index contributed by atoms with van der Waals surface area (Å²) in [4.78, 5) is 11.9. The Morgan fingerprint density at radius 1 is 0.762 bits per heavy atom. The molecular weight excluding hydrogens is 258 g/mol. The number of hydrogen-bond donors (Lipinski definition) is 1. The Balaban J connectivity index is 1.60. The van der Waals surface area contributed by atoms with Crippen LogP contribution in [0, 0.1) is 0 Å². The Kier molecular flexibility index (Phi) is 6.01. The first kappa shape index (κ1) is 15.3. The molecule has 0 saturated carbocycles. The van der Waals surface area contributed by atoms with Crippen molar-refractivity contribution in [2.24, 2.45) is 0 Å².